The lowest BCUT2D eigenvalue weighted by atomic mass is 10.1. The SMILES string of the molecule is CCN(CC)C(N)=NCCCC1CCCCO1.I. The molecular weight excluding hydrogens is 341 g/mol. The van der Waals surface area contributed by atoms with Crippen molar-refractivity contribution < 1.29 is 4.74 Å². The molecular formula is C13H28IN3O. The first-order chi connectivity index (χ1) is 8.27. The molecule has 1 fully saturated rings. The Morgan fingerprint density at radius 3 is 2.61 bits per heavy atom. The molecule has 0 aromatic carbocycles. The molecule has 1 saturated heterocycles. The fourth-order valence-corrected chi connectivity index (χ4v) is 2.20. The summed E-state index contributed by atoms with van der Waals surface area (Å²) in [7, 11) is 0. The quantitative estimate of drug-likeness (QED) is 0.339. The minimum atomic E-state index is 0. The second-order valence-electron chi connectivity index (χ2n) is 4.54. The van der Waals surface area contributed by atoms with Crippen molar-refractivity contribution in [2.45, 2.75) is 52.1 Å². The Hall–Kier alpha value is -0.0400. The average molecular weight is 369 g/mol. The van der Waals surface area contributed by atoms with Gasteiger partial charge in [-0.2, -0.15) is 0 Å². The molecule has 1 unspecified atom stereocenters. The van der Waals surface area contributed by atoms with E-state index in [4.69, 9.17) is 10.5 Å². The maximum absolute atomic E-state index is 5.90. The predicted molar refractivity (Wildman–Crippen MR) is 87.7 cm³/mol. The number of nitrogens with zero attached hydrogens (tertiary/aromatic N) is 2. The van der Waals surface area contributed by atoms with Gasteiger partial charge >= 0.3 is 0 Å². The van der Waals surface area contributed by atoms with Crippen LogP contribution in [0.5, 0.6) is 0 Å². The number of aliphatic imine (C=N–C) groups is 1. The van der Waals surface area contributed by atoms with Crippen molar-refractivity contribution in [1.29, 1.82) is 0 Å². The average Bonchev–Trinajstić information content (AvgIpc) is 2.37. The molecule has 1 aliphatic rings. The third-order valence-electron chi connectivity index (χ3n) is 3.32. The monoisotopic (exact) mass is 369 g/mol. The van der Waals surface area contributed by atoms with E-state index >= 15 is 0 Å². The van der Waals surface area contributed by atoms with Gasteiger partial charge in [0.15, 0.2) is 5.96 Å². The Morgan fingerprint density at radius 1 is 1.33 bits per heavy atom. The van der Waals surface area contributed by atoms with Crippen LogP contribution in [0.15, 0.2) is 4.99 Å². The number of halogens is 1. The van der Waals surface area contributed by atoms with Crippen molar-refractivity contribution in [3.05, 3.63) is 0 Å². The molecule has 0 bridgehead atoms. The summed E-state index contributed by atoms with van der Waals surface area (Å²) in [6.07, 6.45) is 6.42. The van der Waals surface area contributed by atoms with Gasteiger partial charge < -0.3 is 15.4 Å². The number of rotatable bonds is 6. The third-order valence-corrected chi connectivity index (χ3v) is 3.32. The first kappa shape index (κ1) is 18.0. The third kappa shape index (κ3) is 6.78. The lowest BCUT2D eigenvalue weighted by Gasteiger charge is -2.22. The summed E-state index contributed by atoms with van der Waals surface area (Å²) in [6.45, 7) is 7.82. The van der Waals surface area contributed by atoms with E-state index in [9.17, 15) is 0 Å². The fraction of sp³-hybridized carbons (Fsp3) is 0.923. The van der Waals surface area contributed by atoms with Crippen LogP contribution in [0.25, 0.3) is 0 Å². The van der Waals surface area contributed by atoms with Crippen LogP contribution in [0.2, 0.25) is 0 Å². The van der Waals surface area contributed by atoms with E-state index in [0.29, 0.717) is 12.1 Å². The van der Waals surface area contributed by atoms with Gasteiger partial charge in [-0.3, -0.25) is 4.99 Å². The number of hydrogen-bond donors (Lipinski definition) is 1. The Bertz CT molecular complexity index is 226. The lowest BCUT2D eigenvalue weighted by molar-refractivity contribution is 0.0105. The fourth-order valence-electron chi connectivity index (χ4n) is 2.20. The zero-order valence-corrected chi connectivity index (χ0v) is 14.1. The summed E-state index contributed by atoms with van der Waals surface area (Å²) >= 11 is 0. The number of guanidine groups is 1. The van der Waals surface area contributed by atoms with Gasteiger partial charge in [-0.25, -0.2) is 0 Å². The van der Waals surface area contributed by atoms with Gasteiger partial charge in [0.25, 0.3) is 0 Å². The van der Waals surface area contributed by atoms with Crippen molar-refractivity contribution in [1.82, 2.24) is 4.90 Å². The van der Waals surface area contributed by atoms with Gasteiger partial charge in [-0.15, -0.1) is 24.0 Å². The molecule has 0 amide bonds. The number of ether oxygens (including phenoxy) is 1. The summed E-state index contributed by atoms with van der Waals surface area (Å²) in [5.74, 6) is 0.680. The van der Waals surface area contributed by atoms with E-state index in [1.807, 2.05) is 0 Å². The van der Waals surface area contributed by atoms with E-state index in [1.165, 1.54) is 19.3 Å². The zero-order chi connectivity index (χ0) is 12.5. The van der Waals surface area contributed by atoms with E-state index in [0.717, 1.165) is 39.1 Å². The minimum absolute atomic E-state index is 0. The molecule has 4 nitrogen and oxygen atoms in total. The number of nitrogens with two attached hydrogens (primary N) is 1. The Kier molecular flexibility index (Phi) is 10.8. The maximum atomic E-state index is 5.90. The highest BCUT2D eigenvalue weighted by Crippen LogP contribution is 2.16. The predicted octanol–water partition coefficient (Wildman–Crippen LogP) is 2.61. The van der Waals surface area contributed by atoms with Crippen LogP contribution in [-0.4, -0.2) is 43.2 Å². The van der Waals surface area contributed by atoms with E-state index in [-0.39, 0.29) is 24.0 Å². The zero-order valence-electron chi connectivity index (χ0n) is 11.7. The lowest BCUT2D eigenvalue weighted by Crippen LogP contribution is -2.37. The highest BCUT2D eigenvalue weighted by molar-refractivity contribution is 14.0. The smallest absolute Gasteiger partial charge is 0.191 e. The summed E-state index contributed by atoms with van der Waals surface area (Å²) in [4.78, 5) is 6.50. The molecule has 18 heavy (non-hydrogen) atoms. The van der Waals surface area contributed by atoms with E-state index < -0.39 is 0 Å². The number of hydrogen-bond acceptors (Lipinski definition) is 2. The van der Waals surface area contributed by atoms with Crippen molar-refractivity contribution in [3.63, 3.8) is 0 Å². The van der Waals surface area contributed by atoms with Crippen LogP contribution in [0.1, 0.15) is 46.0 Å². The summed E-state index contributed by atoms with van der Waals surface area (Å²) < 4.78 is 5.68. The summed E-state index contributed by atoms with van der Waals surface area (Å²) in [5, 5.41) is 0. The molecule has 1 atom stereocenters. The molecule has 5 heteroatoms. The highest BCUT2D eigenvalue weighted by atomic mass is 127. The first-order valence-corrected chi connectivity index (χ1v) is 6.94. The van der Waals surface area contributed by atoms with Gasteiger partial charge in [0.1, 0.15) is 0 Å². The van der Waals surface area contributed by atoms with Gasteiger partial charge in [0.2, 0.25) is 0 Å². The highest BCUT2D eigenvalue weighted by Gasteiger charge is 2.12. The molecule has 0 radical (unpaired) electrons. The summed E-state index contributed by atoms with van der Waals surface area (Å²) in [5.41, 5.74) is 5.90. The molecule has 0 aliphatic carbocycles. The van der Waals surface area contributed by atoms with Gasteiger partial charge in [0, 0.05) is 26.2 Å². The van der Waals surface area contributed by atoms with Crippen molar-refractivity contribution in [3.8, 4) is 0 Å². The van der Waals surface area contributed by atoms with Crippen molar-refractivity contribution in [2.24, 2.45) is 10.7 Å². The molecule has 2 N–H and O–H groups in total. The molecule has 0 aromatic heterocycles. The molecule has 0 saturated carbocycles. The van der Waals surface area contributed by atoms with Crippen LogP contribution in [-0.2, 0) is 4.74 Å². The minimum Gasteiger partial charge on any atom is -0.378 e. The topological polar surface area (TPSA) is 50.8 Å². The normalized spacial score (nSPS) is 20.3. The molecule has 0 aromatic rings. The Labute approximate surface area is 128 Å². The second kappa shape index (κ2) is 10.8. The van der Waals surface area contributed by atoms with Crippen LogP contribution in [0.3, 0.4) is 0 Å². The van der Waals surface area contributed by atoms with Gasteiger partial charge in [-0.1, -0.05) is 0 Å². The Balaban J connectivity index is 0.00000289. The molecule has 1 aliphatic heterocycles. The summed E-state index contributed by atoms with van der Waals surface area (Å²) in [6, 6.07) is 0. The second-order valence-corrected chi connectivity index (χ2v) is 4.54. The van der Waals surface area contributed by atoms with Crippen LogP contribution in [0.4, 0.5) is 0 Å². The first-order valence-electron chi connectivity index (χ1n) is 6.94. The van der Waals surface area contributed by atoms with Crippen molar-refractivity contribution >= 4 is 29.9 Å². The molecule has 1 rings (SSSR count). The van der Waals surface area contributed by atoms with Crippen molar-refractivity contribution in [2.75, 3.05) is 26.2 Å². The molecule has 1 heterocycles. The van der Waals surface area contributed by atoms with Crippen LogP contribution < -0.4 is 5.73 Å². The largest absolute Gasteiger partial charge is 0.378 e. The molecule has 108 valence electrons. The molecule has 0 spiro atoms. The van der Waals surface area contributed by atoms with Gasteiger partial charge in [0.05, 0.1) is 6.10 Å². The Morgan fingerprint density at radius 2 is 2.06 bits per heavy atom. The van der Waals surface area contributed by atoms with E-state index in [1.54, 1.807) is 0 Å². The van der Waals surface area contributed by atoms with E-state index in [2.05, 4.69) is 23.7 Å². The van der Waals surface area contributed by atoms with Crippen LogP contribution >= 0.6 is 24.0 Å². The van der Waals surface area contributed by atoms with Crippen LogP contribution in [0, 0.1) is 0 Å². The maximum Gasteiger partial charge on any atom is 0.191 e. The van der Waals surface area contributed by atoms with Gasteiger partial charge in [-0.05, 0) is 46.0 Å². The standard InChI is InChI=1S/C13H27N3O.HI/c1-3-16(4-2)13(14)15-10-7-9-12-8-5-6-11-17-12;/h12H,3-11H2,1-2H3,(H2,14,15);1H.